The number of thiol groups is 1. The van der Waals surface area contributed by atoms with Gasteiger partial charge in [0.2, 0.25) is 0 Å². The van der Waals surface area contributed by atoms with E-state index in [-0.39, 0.29) is 0 Å². The van der Waals surface area contributed by atoms with E-state index in [9.17, 15) is 0 Å². The maximum absolute atomic E-state index is 4.03. The zero-order valence-corrected chi connectivity index (χ0v) is 8.56. The molecule has 0 bridgehead atoms. The van der Waals surface area contributed by atoms with Crippen LogP contribution in [0.2, 0.25) is 0 Å². The standard InChI is InChI=1S/C6H10INS/c1-5(2)6(3-7)8-4-9/h3-5H,1-2H3,(H,8,9)/b6-3-. The Bertz CT molecular complexity index is 129. The Hall–Kier alpha value is 0.490. The molecule has 0 aliphatic heterocycles. The normalized spacial score (nSPS) is 13.7. The van der Waals surface area contributed by atoms with Gasteiger partial charge in [-0.05, 0) is 10.0 Å². The van der Waals surface area contributed by atoms with Gasteiger partial charge in [0.25, 0.3) is 0 Å². The lowest BCUT2D eigenvalue weighted by Crippen LogP contribution is -1.88. The molecule has 0 aromatic carbocycles. The van der Waals surface area contributed by atoms with Crippen LogP contribution in [-0.2, 0) is 0 Å². The summed E-state index contributed by atoms with van der Waals surface area (Å²) < 4.78 is 1.97. The summed E-state index contributed by atoms with van der Waals surface area (Å²) in [5.41, 5.74) is 2.59. The van der Waals surface area contributed by atoms with Crippen LogP contribution in [0.4, 0.5) is 0 Å². The monoisotopic (exact) mass is 255 g/mol. The Morgan fingerprint density at radius 1 is 1.67 bits per heavy atom. The van der Waals surface area contributed by atoms with Crippen LogP contribution in [0.5, 0.6) is 0 Å². The van der Waals surface area contributed by atoms with Gasteiger partial charge in [-0.25, -0.2) is 0 Å². The Labute approximate surface area is 75.2 Å². The molecule has 1 nitrogen and oxygen atoms in total. The average molecular weight is 255 g/mol. The van der Waals surface area contributed by atoms with Crippen molar-refractivity contribution < 1.29 is 0 Å². The van der Waals surface area contributed by atoms with Crippen molar-refractivity contribution >= 4 is 40.8 Å². The van der Waals surface area contributed by atoms with Gasteiger partial charge in [-0.15, -0.1) is 12.6 Å². The maximum atomic E-state index is 4.03. The summed E-state index contributed by atoms with van der Waals surface area (Å²) in [6.45, 7) is 4.20. The smallest absolute Gasteiger partial charge is 0.0569 e. The van der Waals surface area contributed by atoms with Gasteiger partial charge in [-0.2, -0.15) is 0 Å². The molecule has 0 spiro atoms. The van der Waals surface area contributed by atoms with Crippen molar-refractivity contribution in [1.82, 2.24) is 0 Å². The van der Waals surface area contributed by atoms with Crippen LogP contribution in [-0.4, -0.2) is 5.55 Å². The maximum Gasteiger partial charge on any atom is 0.0569 e. The minimum Gasteiger partial charge on any atom is -0.254 e. The van der Waals surface area contributed by atoms with Crippen LogP contribution in [0.25, 0.3) is 0 Å². The van der Waals surface area contributed by atoms with E-state index in [0.29, 0.717) is 5.92 Å². The molecule has 0 N–H and O–H groups in total. The summed E-state index contributed by atoms with van der Waals surface area (Å²) in [6, 6.07) is 0. The quantitative estimate of drug-likeness (QED) is 0.337. The lowest BCUT2D eigenvalue weighted by atomic mass is 10.2. The number of hydrogen-bond donors (Lipinski definition) is 1. The van der Waals surface area contributed by atoms with Gasteiger partial charge in [0.05, 0.1) is 5.55 Å². The topological polar surface area (TPSA) is 12.4 Å². The molecular formula is C6H10INS. The molecule has 0 fully saturated rings. The molecule has 0 radical (unpaired) electrons. The zero-order valence-electron chi connectivity index (χ0n) is 5.50. The van der Waals surface area contributed by atoms with E-state index in [1.54, 1.807) is 0 Å². The number of nitrogens with zero attached hydrogens (tertiary/aromatic N) is 1. The third-order valence-corrected chi connectivity index (χ3v) is 1.66. The number of allylic oxidation sites excluding steroid dienone is 1. The molecule has 0 aromatic heterocycles. The molecule has 0 unspecified atom stereocenters. The van der Waals surface area contributed by atoms with E-state index < -0.39 is 0 Å². The molecule has 0 rings (SSSR count). The largest absolute Gasteiger partial charge is 0.254 e. The minimum atomic E-state index is 0.491. The fourth-order valence-corrected chi connectivity index (χ4v) is 1.38. The second kappa shape index (κ2) is 5.29. The van der Waals surface area contributed by atoms with Gasteiger partial charge < -0.3 is 0 Å². The van der Waals surface area contributed by atoms with E-state index in [4.69, 9.17) is 0 Å². The number of aliphatic imine (C=N–C) groups is 1. The van der Waals surface area contributed by atoms with Crippen LogP contribution in [0.15, 0.2) is 14.8 Å². The molecule has 0 aromatic rings. The predicted octanol–water partition coefficient (Wildman–Crippen LogP) is 2.88. The number of hydrogen-bond acceptors (Lipinski definition) is 1. The van der Waals surface area contributed by atoms with E-state index >= 15 is 0 Å². The van der Waals surface area contributed by atoms with Crippen molar-refractivity contribution in [3.8, 4) is 0 Å². The second-order valence-electron chi connectivity index (χ2n) is 1.93. The second-order valence-corrected chi connectivity index (χ2v) is 2.79. The molecule has 0 saturated heterocycles. The van der Waals surface area contributed by atoms with Gasteiger partial charge in [-0.1, -0.05) is 36.4 Å². The fourth-order valence-electron chi connectivity index (χ4n) is 0.370. The van der Waals surface area contributed by atoms with Crippen LogP contribution < -0.4 is 0 Å². The SMILES string of the molecule is CC(C)C(=C/I)/N=C\S. The molecule has 52 valence electrons. The van der Waals surface area contributed by atoms with E-state index in [0.717, 1.165) is 5.70 Å². The first-order valence-corrected chi connectivity index (χ1v) is 4.45. The summed E-state index contributed by atoms with van der Waals surface area (Å²) >= 11 is 6.05. The van der Waals surface area contributed by atoms with E-state index in [1.165, 1.54) is 5.55 Å². The van der Waals surface area contributed by atoms with Crippen molar-refractivity contribution in [2.24, 2.45) is 10.9 Å². The molecule has 0 amide bonds. The Morgan fingerprint density at radius 3 is 2.33 bits per heavy atom. The molecule has 0 aliphatic rings. The minimum absolute atomic E-state index is 0.491. The number of halogens is 1. The first-order chi connectivity index (χ1) is 4.22. The Kier molecular flexibility index (Phi) is 5.58. The highest BCUT2D eigenvalue weighted by Gasteiger charge is 1.96. The lowest BCUT2D eigenvalue weighted by Gasteiger charge is -2.01. The summed E-state index contributed by atoms with van der Waals surface area (Å²) in [6.07, 6.45) is 0. The molecule has 3 heteroatoms. The summed E-state index contributed by atoms with van der Waals surface area (Å²) in [4.78, 5) is 4.03. The third kappa shape index (κ3) is 3.97. The van der Waals surface area contributed by atoms with Gasteiger partial charge in [0.1, 0.15) is 0 Å². The van der Waals surface area contributed by atoms with E-state index in [1.807, 2.05) is 4.08 Å². The van der Waals surface area contributed by atoms with Crippen LogP contribution in [0, 0.1) is 5.92 Å². The van der Waals surface area contributed by atoms with Crippen LogP contribution >= 0.6 is 35.2 Å². The van der Waals surface area contributed by atoms with Crippen molar-refractivity contribution in [3.63, 3.8) is 0 Å². The predicted molar refractivity (Wildman–Crippen MR) is 54.4 cm³/mol. The van der Waals surface area contributed by atoms with Crippen molar-refractivity contribution in [2.75, 3.05) is 0 Å². The average Bonchev–Trinajstić information content (AvgIpc) is 1.82. The van der Waals surface area contributed by atoms with Crippen molar-refractivity contribution in [1.29, 1.82) is 0 Å². The van der Waals surface area contributed by atoms with Gasteiger partial charge in [-0.3, -0.25) is 4.99 Å². The molecular weight excluding hydrogens is 245 g/mol. The highest BCUT2D eigenvalue weighted by atomic mass is 127. The lowest BCUT2D eigenvalue weighted by molar-refractivity contribution is 0.763. The molecule has 0 heterocycles. The van der Waals surface area contributed by atoms with Crippen molar-refractivity contribution in [3.05, 3.63) is 9.78 Å². The summed E-state index contributed by atoms with van der Waals surface area (Å²) in [5.74, 6) is 0.491. The van der Waals surface area contributed by atoms with Crippen LogP contribution in [0.1, 0.15) is 13.8 Å². The highest BCUT2D eigenvalue weighted by molar-refractivity contribution is 14.1. The molecule has 9 heavy (non-hydrogen) atoms. The Balaban J connectivity index is 4.01. The third-order valence-electron chi connectivity index (χ3n) is 0.910. The molecule has 0 aliphatic carbocycles. The van der Waals surface area contributed by atoms with E-state index in [2.05, 4.69) is 54.1 Å². The first kappa shape index (κ1) is 9.49. The fraction of sp³-hybridized carbons (Fsp3) is 0.500. The summed E-state index contributed by atoms with van der Waals surface area (Å²) in [5, 5.41) is 0. The summed E-state index contributed by atoms with van der Waals surface area (Å²) in [7, 11) is 0. The number of rotatable bonds is 2. The highest BCUT2D eigenvalue weighted by Crippen LogP contribution is 2.12. The van der Waals surface area contributed by atoms with Gasteiger partial charge in [0, 0.05) is 5.70 Å². The van der Waals surface area contributed by atoms with Crippen molar-refractivity contribution in [2.45, 2.75) is 13.8 Å². The molecule has 0 saturated carbocycles. The first-order valence-electron chi connectivity index (χ1n) is 2.69. The molecule has 0 atom stereocenters. The zero-order chi connectivity index (χ0) is 7.28. The van der Waals surface area contributed by atoms with Gasteiger partial charge >= 0.3 is 0 Å². The van der Waals surface area contributed by atoms with Crippen LogP contribution in [0.3, 0.4) is 0 Å². The Morgan fingerprint density at radius 2 is 2.22 bits per heavy atom. The van der Waals surface area contributed by atoms with Gasteiger partial charge in [0.15, 0.2) is 0 Å².